The number of carbonyl (C=O) groups excluding carboxylic acids is 5. The van der Waals surface area contributed by atoms with Crippen molar-refractivity contribution in [2.24, 2.45) is 52.8 Å². The van der Waals surface area contributed by atoms with Gasteiger partial charge in [0.2, 0.25) is 11.8 Å². The Hall–Kier alpha value is -3.85. The van der Waals surface area contributed by atoms with Gasteiger partial charge in [0.1, 0.15) is 0 Å². The molecular formula is C72H127N9O6. The van der Waals surface area contributed by atoms with Gasteiger partial charge in [-0.05, 0) is 131 Å². The number of carbonyl (C=O) groups is 5. The van der Waals surface area contributed by atoms with Crippen molar-refractivity contribution >= 4 is 29.9 Å². The predicted molar refractivity (Wildman–Crippen MR) is 354 cm³/mol. The van der Waals surface area contributed by atoms with E-state index in [1.165, 1.54) is 167 Å². The Morgan fingerprint density at radius 2 is 1.11 bits per heavy atom. The molecule has 15 heteroatoms. The van der Waals surface area contributed by atoms with E-state index in [0.717, 1.165) is 103 Å². The van der Waals surface area contributed by atoms with Crippen molar-refractivity contribution in [1.82, 2.24) is 46.8 Å². The predicted octanol–water partition coefficient (Wildman–Crippen LogP) is 14.5. The van der Waals surface area contributed by atoms with Crippen molar-refractivity contribution in [3.63, 3.8) is 0 Å². The topological polar surface area (TPSA) is 176 Å². The fourth-order valence-electron chi connectivity index (χ4n) is 17.4. The normalized spacial score (nSPS) is 28.2. The summed E-state index contributed by atoms with van der Waals surface area (Å²) in [5.74, 6) is 4.31. The van der Waals surface area contributed by atoms with Gasteiger partial charge < -0.3 is 41.3 Å². The van der Waals surface area contributed by atoms with Crippen LogP contribution in [0.1, 0.15) is 265 Å². The molecule has 4 heterocycles. The minimum Gasteiger partial charge on any atom is -0.356 e. The molecule has 6 fully saturated rings. The van der Waals surface area contributed by atoms with Gasteiger partial charge in [-0.2, -0.15) is 5.48 Å². The maximum Gasteiger partial charge on any atom is 0.317 e. The van der Waals surface area contributed by atoms with Crippen molar-refractivity contribution in [3.8, 4) is 0 Å². The molecule has 1 spiro atoms. The number of fused-ring (bicyclic) bond motifs is 2. The molecule has 11 unspecified atom stereocenters. The first-order chi connectivity index (χ1) is 42.7. The molecule has 11 atom stereocenters. The third-order valence-electron chi connectivity index (χ3n) is 22.1. The van der Waals surface area contributed by atoms with Crippen molar-refractivity contribution in [2.45, 2.75) is 277 Å². The minimum absolute atomic E-state index is 0.00389. The summed E-state index contributed by atoms with van der Waals surface area (Å²) >= 11 is 0. The smallest absolute Gasteiger partial charge is 0.317 e. The Morgan fingerprint density at radius 3 is 1.74 bits per heavy atom. The second kappa shape index (κ2) is 40.1. The first-order valence-electron chi connectivity index (χ1n) is 37.1. The van der Waals surface area contributed by atoms with E-state index in [1.807, 2.05) is 14.7 Å². The highest BCUT2D eigenvalue weighted by atomic mass is 16.7. The summed E-state index contributed by atoms with van der Waals surface area (Å²) in [7, 11) is 0. The van der Waals surface area contributed by atoms with Gasteiger partial charge >= 0.3 is 18.1 Å². The Bertz CT molecular complexity index is 2060. The lowest BCUT2D eigenvalue weighted by Crippen LogP contribution is -2.59. The molecule has 4 saturated heterocycles. The average Bonchev–Trinajstić information content (AvgIpc) is 1.16. The molecule has 6 N–H and O–H groups in total. The third kappa shape index (κ3) is 22.2. The molecule has 2 saturated carbocycles. The van der Waals surface area contributed by atoms with Gasteiger partial charge in [0.05, 0.1) is 12.1 Å². The lowest BCUT2D eigenvalue weighted by molar-refractivity contribution is -0.174. The number of hydrogen-bond donors (Lipinski definition) is 6. The van der Waals surface area contributed by atoms with Gasteiger partial charge in [-0.15, -0.1) is 0 Å². The number of unbranched alkanes of at least 4 members (excludes halogenated alkanes) is 17. The van der Waals surface area contributed by atoms with Gasteiger partial charge in [0.25, 0.3) is 0 Å². The summed E-state index contributed by atoms with van der Waals surface area (Å²) in [6.07, 6.45) is 55.1. The molecule has 0 aromatic rings. The SMILES string of the molecule is CCCCCC=CCC1C(CCCCCCCC(=O)NCCCN2CCNC2=O)C(CCCCCCCC2ONC2CCN2CCNC2=O)C2C(C(CCCCCC)C=CC23CCCCCCC3C(=O)NCCCN2CCNC2=O)C1CCCCCC. The highest BCUT2D eigenvalue weighted by molar-refractivity contribution is 5.80. The second-order valence-corrected chi connectivity index (χ2v) is 28.1. The fraction of sp³-hybridized carbons (Fsp3) is 0.875. The fourth-order valence-corrected chi connectivity index (χ4v) is 17.4. The standard InChI is InChI=1S/C72H127N9O6/c1-4-7-10-13-16-25-35-58-59(36-26-17-15-20-30-41-65(82)73-46-32-51-79-54-48-75-69(79)84)61(38-27-18-14-19-29-40-64-63(78-87-64)43-53-81-56-50-77-71(81)86)67-66(60(58)37-24-12-9-6-3)57(34-23-11-8-5-2)42-45-72(67)44-31-22-21-28-39-62(72)68(83)74-47-33-52-80-55-49-76-70(80)85/h16,25,42,45,57-64,66-67,78H,4-15,17-24,26-41,43-44,46-56H2,1-3H3,(H,73,82)(H,74,83)(H,75,84)(H,76,85)(H,77,86). The molecule has 0 aromatic heterocycles. The van der Waals surface area contributed by atoms with Crippen LogP contribution >= 0.6 is 0 Å². The van der Waals surface area contributed by atoms with Crippen LogP contribution in [0, 0.1) is 52.8 Å². The molecule has 4 aliphatic heterocycles. The van der Waals surface area contributed by atoms with E-state index >= 15 is 4.79 Å². The number of nitrogens with zero attached hydrogens (tertiary/aromatic N) is 3. The van der Waals surface area contributed by atoms with Crippen LogP contribution < -0.4 is 32.1 Å². The summed E-state index contributed by atoms with van der Waals surface area (Å²) < 4.78 is 0. The summed E-state index contributed by atoms with van der Waals surface area (Å²) in [5.41, 5.74) is 3.02. The van der Waals surface area contributed by atoms with E-state index in [0.29, 0.717) is 93.2 Å². The summed E-state index contributed by atoms with van der Waals surface area (Å²) in [6, 6.07) is 0.395. The number of rotatable bonds is 44. The number of hydrogen-bond acceptors (Lipinski definition) is 7. The molecule has 0 aromatic carbocycles. The van der Waals surface area contributed by atoms with Crippen LogP contribution in [0.15, 0.2) is 24.3 Å². The van der Waals surface area contributed by atoms with Crippen LogP contribution in [0.25, 0.3) is 0 Å². The summed E-state index contributed by atoms with van der Waals surface area (Å²) in [4.78, 5) is 76.8. The lowest BCUT2D eigenvalue weighted by atomic mass is 9.41. The van der Waals surface area contributed by atoms with E-state index < -0.39 is 0 Å². The molecule has 15 nitrogen and oxygen atoms in total. The molecular weight excluding hydrogens is 1090 g/mol. The van der Waals surface area contributed by atoms with Crippen LogP contribution in [0.4, 0.5) is 14.4 Å². The van der Waals surface area contributed by atoms with Gasteiger partial charge in [-0.1, -0.05) is 193 Å². The van der Waals surface area contributed by atoms with Crippen LogP contribution in [0.2, 0.25) is 0 Å². The van der Waals surface area contributed by atoms with Gasteiger partial charge in [-0.25, -0.2) is 14.4 Å². The number of hydroxylamine groups is 1. The monoisotopic (exact) mass is 1210 g/mol. The van der Waals surface area contributed by atoms with Crippen LogP contribution in [0.3, 0.4) is 0 Å². The molecule has 496 valence electrons. The highest BCUT2D eigenvalue weighted by Gasteiger charge is 2.61. The number of amides is 8. The van der Waals surface area contributed by atoms with Crippen molar-refractivity contribution in [3.05, 3.63) is 24.3 Å². The Kier molecular flexibility index (Phi) is 32.5. The maximum absolute atomic E-state index is 15.5. The highest BCUT2D eigenvalue weighted by Crippen LogP contribution is 2.66. The van der Waals surface area contributed by atoms with Gasteiger partial charge in [-0.3, -0.25) is 14.4 Å². The maximum atomic E-state index is 15.5. The Morgan fingerprint density at radius 1 is 0.563 bits per heavy atom. The first kappa shape index (κ1) is 70.6. The van der Waals surface area contributed by atoms with Crippen LogP contribution in [-0.4, -0.2) is 129 Å². The van der Waals surface area contributed by atoms with Crippen LogP contribution in [0.5, 0.6) is 0 Å². The van der Waals surface area contributed by atoms with Crippen molar-refractivity contribution in [1.29, 1.82) is 0 Å². The summed E-state index contributed by atoms with van der Waals surface area (Å²) in [5, 5.41) is 15.5. The number of nitrogens with one attached hydrogen (secondary N) is 6. The molecule has 7 rings (SSSR count). The molecule has 3 aliphatic carbocycles. The van der Waals surface area contributed by atoms with Crippen molar-refractivity contribution < 1.29 is 28.8 Å². The van der Waals surface area contributed by atoms with Crippen LogP contribution in [-0.2, 0) is 14.4 Å². The molecule has 7 aliphatic rings. The minimum atomic E-state index is -0.190. The number of allylic oxidation sites excluding steroid dienone is 4. The largest absolute Gasteiger partial charge is 0.356 e. The van der Waals surface area contributed by atoms with E-state index in [4.69, 9.17) is 4.84 Å². The molecule has 0 radical (unpaired) electrons. The van der Waals surface area contributed by atoms with E-state index in [2.05, 4.69) is 77.1 Å². The quantitative estimate of drug-likeness (QED) is 0.0260. The Labute approximate surface area is 529 Å². The zero-order valence-electron chi connectivity index (χ0n) is 55.5. The molecule has 0 bridgehead atoms. The second-order valence-electron chi connectivity index (χ2n) is 28.1. The molecule has 87 heavy (non-hydrogen) atoms. The van der Waals surface area contributed by atoms with E-state index in [9.17, 15) is 19.2 Å². The first-order valence-corrected chi connectivity index (χ1v) is 37.1. The average molecular weight is 1210 g/mol. The van der Waals surface area contributed by atoms with Gasteiger partial charge in [0.15, 0.2) is 0 Å². The lowest BCUT2D eigenvalue weighted by Gasteiger charge is -2.63. The van der Waals surface area contributed by atoms with Crippen molar-refractivity contribution in [2.75, 3.05) is 72.0 Å². The summed E-state index contributed by atoms with van der Waals surface area (Å²) in [6.45, 7) is 14.8. The van der Waals surface area contributed by atoms with E-state index in [1.54, 1.807) is 0 Å². The molecule has 8 amide bonds. The van der Waals surface area contributed by atoms with Gasteiger partial charge in [0, 0.05) is 89.7 Å². The Balaban J connectivity index is 1.14. The van der Waals surface area contributed by atoms with E-state index in [-0.39, 0.29) is 47.3 Å². The third-order valence-corrected chi connectivity index (χ3v) is 22.1. The zero-order valence-corrected chi connectivity index (χ0v) is 55.5. The zero-order chi connectivity index (χ0) is 61.3. The number of urea groups is 3.